The lowest BCUT2D eigenvalue weighted by atomic mass is 10.0. The van der Waals surface area contributed by atoms with Crippen LogP contribution in [-0.2, 0) is 4.79 Å². The summed E-state index contributed by atoms with van der Waals surface area (Å²) < 4.78 is 10.9. The van der Waals surface area contributed by atoms with E-state index >= 15 is 0 Å². The molecule has 0 spiro atoms. The van der Waals surface area contributed by atoms with E-state index in [1.807, 2.05) is 36.4 Å². The average molecular weight is 448 g/mol. The van der Waals surface area contributed by atoms with E-state index in [-0.39, 0.29) is 12.5 Å². The van der Waals surface area contributed by atoms with E-state index in [2.05, 4.69) is 19.2 Å². The third-order valence-electron chi connectivity index (χ3n) is 5.10. The third kappa shape index (κ3) is 4.84. The first-order valence-corrected chi connectivity index (χ1v) is 10.6. The highest BCUT2D eigenvalue weighted by atomic mass is 35.5. The van der Waals surface area contributed by atoms with Gasteiger partial charge >= 0.3 is 5.63 Å². The number of halogens is 1. The number of amides is 1. The van der Waals surface area contributed by atoms with E-state index in [0.717, 1.165) is 5.39 Å². The molecule has 0 saturated carbocycles. The van der Waals surface area contributed by atoms with Gasteiger partial charge in [0.2, 0.25) is 0 Å². The minimum Gasteiger partial charge on any atom is -0.484 e. The number of rotatable bonds is 6. The fourth-order valence-corrected chi connectivity index (χ4v) is 3.64. The SMILES string of the molecule is CC(C)c1ccc(OCC(=O)Nc2ccc(-c3cc4ccccc4oc3=O)c(Cl)c2)cc1. The van der Waals surface area contributed by atoms with Gasteiger partial charge < -0.3 is 14.5 Å². The zero-order valence-electron chi connectivity index (χ0n) is 17.7. The summed E-state index contributed by atoms with van der Waals surface area (Å²) in [5, 5.41) is 3.88. The first kappa shape index (κ1) is 21.7. The van der Waals surface area contributed by atoms with E-state index in [9.17, 15) is 9.59 Å². The van der Waals surface area contributed by atoms with Gasteiger partial charge in [-0.25, -0.2) is 4.79 Å². The number of carbonyl (C=O) groups is 1. The molecule has 0 bridgehead atoms. The van der Waals surface area contributed by atoms with E-state index in [1.54, 1.807) is 36.4 Å². The lowest BCUT2D eigenvalue weighted by Crippen LogP contribution is -2.20. The van der Waals surface area contributed by atoms with Crippen LogP contribution in [0, 0.1) is 0 Å². The van der Waals surface area contributed by atoms with Gasteiger partial charge in [-0.2, -0.15) is 0 Å². The summed E-state index contributed by atoms with van der Waals surface area (Å²) in [5.74, 6) is 0.744. The van der Waals surface area contributed by atoms with Crippen LogP contribution in [0.5, 0.6) is 5.75 Å². The number of nitrogens with one attached hydrogen (secondary N) is 1. The highest BCUT2D eigenvalue weighted by Gasteiger charge is 2.13. The van der Waals surface area contributed by atoms with Crippen LogP contribution >= 0.6 is 11.6 Å². The fraction of sp³-hybridized carbons (Fsp3) is 0.154. The number of fused-ring (bicyclic) bond motifs is 1. The van der Waals surface area contributed by atoms with E-state index in [4.69, 9.17) is 20.8 Å². The number of para-hydroxylation sites is 1. The highest BCUT2D eigenvalue weighted by molar-refractivity contribution is 6.33. The summed E-state index contributed by atoms with van der Waals surface area (Å²) in [4.78, 5) is 24.7. The Bertz CT molecular complexity index is 1330. The summed E-state index contributed by atoms with van der Waals surface area (Å²) in [6.07, 6.45) is 0. The number of ether oxygens (including phenoxy) is 1. The third-order valence-corrected chi connectivity index (χ3v) is 5.41. The number of hydrogen-bond donors (Lipinski definition) is 1. The highest BCUT2D eigenvalue weighted by Crippen LogP contribution is 2.30. The van der Waals surface area contributed by atoms with Crippen molar-refractivity contribution in [3.8, 4) is 16.9 Å². The Labute approximate surface area is 190 Å². The van der Waals surface area contributed by atoms with Gasteiger partial charge in [-0.15, -0.1) is 0 Å². The topological polar surface area (TPSA) is 68.5 Å². The van der Waals surface area contributed by atoms with Crippen LogP contribution < -0.4 is 15.7 Å². The van der Waals surface area contributed by atoms with Crippen LogP contribution in [0.3, 0.4) is 0 Å². The number of anilines is 1. The summed E-state index contributed by atoms with van der Waals surface area (Å²) in [7, 11) is 0. The van der Waals surface area contributed by atoms with Crippen molar-refractivity contribution < 1.29 is 13.9 Å². The second kappa shape index (κ2) is 9.28. The quantitative estimate of drug-likeness (QED) is 0.354. The number of carbonyl (C=O) groups excluding carboxylic acids is 1. The first-order valence-electron chi connectivity index (χ1n) is 10.3. The Hall–Kier alpha value is -3.57. The Balaban J connectivity index is 1.45. The molecule has 0 fully saturated rings. The normalized spacial score (nSPS) is 11.0. The summed E-state index contributed by atoms with van der Waals surface area (Å²) >= 11 is 6.42. The molecule has 4 rings (SSSR count). The van der Waals surface area contributed by atoms with Gasteiger partial charge in [-0.1, -0.05) is 61.8 Å². The van der Waals surface area contributed by atoms with Gasteiger partial charge in [0, 0.05) is 16.6 Å². The largest absolute Gasteiger partial charge is 0.484 e. The van der Waals surface area contributed by atoms with Crippen LogP contribution in [0.15, 0.2) is 82.0 Å². The Morgan fingerprint density at radius 3 is 2.47 bits per heavy atom. The van der Waals surface area contributed by atoms with Gasteiger partial charge in [0.25, 0.3) is 5.91 Å². The maximum absolute atomic E-state index is 12.4. The van der Waals surface area contributed by atoms with Crippen LogP contribution in [0.2, 0.25) is 5.02 Å². The molecule has 32 heavy (non-hydrogen) atoms. The second-order valence-corrected chi connectivity index (χ2v) is 8.15. The van der Waals surface area contributed by atoms with Crippen LogP contribution in [0.1, 0.15) is 25.3 Å². The molecule has 0 aliphatic rings. The average Bonchev–Trinajstić information content (AvgIpc) is 2.78. The van der Waals surface area contributed by atoms with Gasteiger partial charge in [0.1, 0.15) is 11.3 Å². The van der Waals surface area contributed by atoms with Gasteiger partial charge in [0.05, 0.1) is 10.6 Å². The van der Waals surface area contributed by atoms with Crippen LogP contribution in [-0.4, -0.2) is 12.5 Å². The van der Waals surface area contributed by atoms with E-state index < -0.39 is 5.63 Å². The fourth-order valence-electron chi connectivity index (χ4n) is 3.36. The molecular formula is C26H22ClNO4. The second-order valence-electron chi connectivity index (χ2n) is 7.74. The predicted octanol–water partition coefficient (Wildman–Crippen LogP) is 6.25. The molecule has 3 aromatic carbocycles. The Morgan fingerprint density at radius 1 is 1.00 bits per heavy atom. The molecule has 6 heteroatoms. The van der Waals surface area contributed by atoms with Crippen molar-refractivity contribution in [3.63, 3.8) is 0 Å². The van der Waals surface area contributed by atoms with Gasteiger partial charge in [-0.05, 0) is 47.9 Å². The zero-order chi connectivity index (χ0) is 22.7. The van der Waals surface area contributed by atoms with Crippen molar-refractivity contribution in [1.82, 2.24) is 0 Å². The molecule has 1 heterocycles. The van der Waals surface area contributed by atoms with Crippen molar-refractivity contribution in [2.45, 2.75) is 19.8 Å². The minimum absolute atomic E-state index is 0.130. The molecule has 5 nitrogen and oxygen atoms in total. The van der Waals surface area contributed by atoms with Crippen molar-refractivity contribution in [1.29, 1.82) is 0 Å². The van der Waals surface area contributed by atoms with Gasteiger partial charge in [-0.3, -0.25) is 4.79 Å². The molecule has 0 aliphatic carbocycles. The molecule has 1 N–H and O–H groups in total. The molecule has 1 amide bonds. The Morgan fingerprint density at radius 2 is 1.75 bits per heavy atom. The maximum Gasteiger partial charge on any atom is 0.344 e. The molecule has 0 atom stereocenters. The lowest BCUT2D eigenvalue weighted by molar-refractivity contribution is -0.118. The molecule has 0 unspecified atom stereocenters. The summed E-state index contributed by atoms with van der Waals surface area (Å²) in [6, 6.07) is 21.7. The van der Waals surface area contributed by atoms with E-state index in [0.29, 0.717) is 39.1 Å². The summed E-state index contributed by atoms with van der Waals surface area (Å²) in [5.41, 5.74) is 2.65. The van der Waals surface area contributed by atoms with Crippen molar-refractivity contribution in [2.75, 3.05) is 11.9 Å². The Kier molecular flexibility index (Phi) is 6.28. The predicted molar refractivity (Wildman–Crippen MR) is 128 cm³/mol. The molecule has 1 aromatic heterocycles. The van der Waals surface area contributed by atoms with Crippen molar-refractivity contribution in [2.24, 2.45) is 0 Å². The maximum atomic E-state index is 12.4. The van der Waals surface area contributed by atoms with E-state index in [1.165, 1.54) is 5.56 Å². The molecule has 0 radical (unpaired) electrons. The molecule has 4 aromatic rings. The minimum atomic E-state index is -0.473. The molecule has 0 saturated heterocycles. The molecular weight excluding hydrogens is 426 g/mol. The lowest BCUT2D eigenvalue weighted by Gasteiger charge is -2.11. The van der Waals surface area contributed by atoms with Crippen LogP contribution in [0.4, 0.5) is 5.69 Å². The number of hydrogen-bond acceptors (Lipinski definition) is 4. The standard InChI is InChI=1S/C26H22ClNO4/c1-16(2)17-7-10-20(11-8-17)31-15-25(29)28-19-9-12-21(23(27)14-19)22-13-18-5-3-4-6-24(18)32-26(22)30/h3-14,16H,15H2,1-2H3,(H,28,29). The van der Waals surface area contributed by atoms with Gasteiger partial charge in [0.15, 0.2) is 6.61 Å². The van der Waals surface area contributed by atoms with Crippen molar-refractivity contribution in [3.05, 3.63) is 93.8 Å². The molecule has 0 aliphatic heterocycles. The van der Waals surface area contributed by atoms with Crippen LogP contribution in [0.25, 0.3) is 22.1 Å². The zero-order valence-corrected chi connectivity index (χ0v) is 18.5. The number of benzene rings is 3. The smallest absolute Gasteiger partial charge is 0.344 e. The van der Waals surface area contributed by atoms with Crippen molar-refractivity contribution >= 4 is 34.2 Å². The molecule has 162 valence electrons. The first-order chi connectivity index (χ1) is 15.4. The summed E-state index contributed by atoms with van der Waals surface area (Å²) in [6.45, 7) is 4.10. The monoisotopic (exact) mass is 447 g/mol.